The van der Waals surface area contributed by atoms with Gasteiger partial charge in [0.2, 0.25) is 0 Å². The molecule has 0 saturated heterocycles. The molecule has 0 saturated carbocycles. The van der Waals surface area contributed by atoms with Crippen molar-refractivity contribution in [2.24, 2.45) is 0 Å². The van der Waals surface area contributed by atoms with E-state index in [1.54, 1.807) is 0 Å². The molecule has 2 rings (SSSR count). The topological polar surface area (TPSA) is 12.9 Å². The van der Waals surface area contributed by atoms with Crippen LogP contribution in [0.25, 0.3) is 10.9 Å². The van der Waals surface area contributed by atoms with E-state index in [0.29, 0.717) is 6.71 Å². The average molecular weight is 169 g/mol. The van der Waals surface area contributed by atoms with E-state index in [1.807, 2.05) is 12.3 Å². The number of rotatable bonds is 1. The van der Waals surface area contributed by atoms with Crippen LogP contribution in [0.3, 0.4) is 0 Å². The van der Waals surface area contributed by atoms with Gasteiger partial charge in [-0.25, -0.2) is 0 Å². The minimum atomic E-state index is 0.540. The molecule has 0 fully saturated rings. The normalized spacial score (nSPS) is 10.3. The van der Waals surface area contributed by atoms with Crippen molar-refractivity contribution in [3.63, 3.8) is 0 Å². The average Bonchev–Trinajstić information content (AvgIpc) is 2.17. The number of fused-ring (bicyclic) bond motifs is 1. The van der Waals surface area contributed by atoms with Gasteiger partial charge in [-0.1, -0.05) is 43.4 Å². The SMILES string of the molecule is CB(C)c1cccc2cccnc12. The molecule has 0 radical (unpaired) electrons. The molecule has 2 heteroatoms. The molecule has 0 N–H and O–H groups in total. The molecule has 0 spiro atoms. The van der Waals surface area contributed by atoms with Gasteiger partial charge < -0.3 is 0 Å². The molecule has 0 unspecified atom stereocenters. The first-order chi connectivity index (χ1) is 6.29. The van der Waals surface area contributed by atoms with Gasteiger partial charge in [0.15, 0.2) is 6.71 Å². The molecule has 0 aliphatic rings. The molecule has 1 nitrogen and oxygen atoms in total. The minimum Gasteiger partial charge on any atom is -0.257 e. The van der Waals surface area contributed by atoms with Crippen LogP contribution in [-0.2, 0) is 0 Å². The Labute approximate surface area is 78.9 Å². The fraction of sp³-hybridized carbons (Fsp3) is 0.182. The number of hydrogen-bond donors (Lipinski definition) is 0. The number of aromatic nitrogens is 1. The third kappa shape index (κ3) is 1.44. The zero-order valence-electron chi connectivity index (χ0n) is 7.99. The largest absolute Gasteiger partial charge is 0.257 e. The fourth-order valence-electron chi connectivity index (χ4n) is 1.59. The van der Waals surface area contributed by atoms with Gasteiger partial charge in [-0.2, -0.15) is 0 Å². The summed E-state index contributed by atoms with van der Waals surface area (Å²) in [6.45, 7) is 4.94. The maximum Gasteiger partial charge on any atom is 0.172 e. The number of pyridine rings is 1. The fourth-order valence-corrected chi connectivity index (χ4v) is 1.59. The molecule has 1 heterocycles. The summed E-state index contributed by atoms with van der Waals surface area (Å²) in [5, 5.41) is 1.23. The molecule has 13 heavy (non-hydrogen) atoms. The summed E-state index contributed by atoms with van der Waals surface area (Å²) in [5.74, 6) is 0. The van der Waals surface area contributed by atoms with Gasteiger partial charge in [0, 0.05) is 6.20 Å². The second kappa shape index (κ2) is 3.21. The highest BCUT2D eigenvalue weighted by Gasteiger charge is 2.07. The van der Waals surface area contributed by atoms with Crippen molar-refractivity contribution in [1.29, 1.82) is 0 Å². The van der Waals surface area contributed by atoms with Crippen molar-refractivity contribution >= 4 is 23.1 Å². The Morgan fingerprint density at radius 1 is 1.08 bits per heavy atom. The van der Waals surface area contributed by atoms with E-state index in [-0.39, 0.29) is 0 Å². The lowest BCUT2D eigenvalue weighted by Gasteiger charge is -2.05. The molecule has 0 aliphatic heterocycles. The Hall–Kier alpha value is -1.31. The number of hydrogen-bond acceptors (Lipinski definition) is 1. The Morgan fingerprint density at radius 3 is 2.62 bits per heavy atom. The van der Waals surface area contributed by atoms with E-state index in [0.717, 1.165) is 5.52 Å². The van der Waals surface area contributed by atoms with Crippen molar-refractivity contribution in [2.75, 3.05) is 0 Å². The summed E-state index contributed by atoms with van der Waals surface area (Å²) in [6.07, 6.45) is 1.86. The summed E-state index contributed by atoms with van der Waals surface area (Å²) in [7, 11) is 0. The third-order valence-corrected chi connectivity index (χ3v) is 2.29. The lowest BCUT2D eigenvalue weighted by Crippen LogP contribution is -2.23. The molecule has 0 aliphatic carbocycles. The Morgan fingerprint density at radius 2 is 1.85 bits per heavy atom. The maximum absolute atomic E-state index is 4.40. The van der Waals surface area contributed by atoms with Crippen LogP contribution < -0.4 is 5.46 Å². The number of nitrogens with zero attached hydrogens (tertiary/aromatic N) is 1. The van der Waals surface area contributed by atoms with Gasteiger partial charge in [-0.05, 0) is 11.5 Å². The minimum absolute atomic E-state index is 0.540. The zero-order chi connectivity index (χ0) is 9.26. The van der Waals surface area contributed by atoms with Gasteiger partial charge in [0.05, 0.1) is 5.52 Å². The van der Waals surface area contributed by atoms with Crippen LogP contribution in [0.2, 0.25) is 13.6 Å². The second-order valence-electron chi connectivity index (χ2n) is 3.58. The summed E-state index contributed by atoms with van der Waals surface area (Å²) in [6, 6.07) is 10.4. The quantitative estimate of drug-likeness (QED) is 0.596. The first-order valence-corrected chi connectivity index (χ1v) is 4.62. The molecular weight excluding hydrogens is 157 g/mol. The van der Waals surface area contributed by atoms with Gasteiger partial charge in [-0.15, -0.1) is 0 Å². The van der Waals surface area contributed by atoms with Crippen molar-refractivity contribution in [2.45, 2.75) is 13.6 Å². The highest BCUT2D eigenvalue weighted by molar-refractivity contribution is 6.73. The Balaban J connectivity index is 2.76. The monoisotopic (exact) mass is 169 g/mol. The lowest BCUT2D eigenvalue weighted by atomic mass is 9.49. The summed E-state index contributed by atoms with van der Waals surface area (Å²) in [5.41, 5.74) is 2.47. The highest BCUT2D eigenvalue weighted by Crippen LogP contribution is 2.08. The second-order valence-corrected chi connectivity index (χ2v) is 3.58. The van der Waals surface area contributed by atoms with Gasteiger partial charge >= 0.3 is 0 Å². The first kappa shape index (κ1) is 8.30. The van der Waals surface area contributed by atoms with Crippen LogP contribution in [0, 0.1) is 0 Å². The van der Waals surface area contributed by atoms with E-state index < -0.39 is 0 Å². The summed E-state index contributed by atoms with van der Waals surface area (Å²) >= 11 is 0. The van der Waals surface area contributed by atoms with Crippen LogP contribution in [0.5, 0.6) is 0 Å². The molecule has 0 atom stereocenters. The third-order valence-electron chi connectivity index (χ3n) is 2.29. The zero-order valence-corrected chi connectivity index (χ0v) is 7.99. The number of para-hydroxylation sites is 1. The van der Waals surface area contributed by atoms with E-state index >= 15 is 0 Å². The van der Waals surface area contributed by atoms with Crippen molar-refractivity contribution in [3.05, 3.63) is 36.5 Å². The van der Waals surface area contributed by atoms with Crippen LogP contribution in [-0.4, -0.2) is 11.7 Å². The van der Waals surface area contributed by atoms with Crippen molar-refractivity contribution < 1.29 is 0 Å². The number of benzene rings is 1. The molecular formula is C11H12BN. The predicted octanol–water partition coefficient (Wildman–Crippen LogP) is 2.20. The summed E-state index contributed by atoms with van der Waals surface area (Å²) in [4.78, 5) is 4.40. The van der Waals surface area contributed by atoms with Gasteiger partial charge in [0.1, 0.15) is 0 Å². The van der Waals surface area contributed by atoms with Crippen LogP contribution >= 0.6 is 0 Å². The molecule has 2 aromatic rings. The van der Waals surface area contributed by atoms with E-state index in [9.17, 15) is 0 Å². The van der Waals surface area contributed by atoms with E-state index in [1.165, 1.54) is 10.8 Å². The van der Waals surface area contributed by atoms with E-state index in [2.05, 4.69) is 42.9 Å². The standard InChI is InChI=1S/C11H12BN/c1-12(2)10-7-3-5-9-6-4-8-13-11(9)10/h3-8H,1-2H3. The highest BCUT2D eigenvalue weighted by atomic mass is 14.6. The Kier molecular flexibility index (Phi) is 2.05. The molecule has 1 aromatic heterocycles. The Bertz CT molecular complexity index is 418. The van der Waals surface area contributed by atoms with Gasteiger partial charge in [-0.3, -0.25) is 4.98 Å². The predicted molar refractivity (Wildman–Crippen MR) is 58.9 cm³/mol. The lowest BCUT2D eigenvalue weighted by molar-refractivity contribution is 1.42. The first-order valence-electron chi connectivity index (χ1n) is 4.62. The smallest absolute Gasteiger partial charge is 0.172 e. The van der Waals surface area contributed by atoms with Gasteiger partial charge in [0.25, 0.3) is 0 Å². The molecule has 1 aromatic carbocycles. The summed E-state index contributed by atoms with van der Waals surface area (Å²) < 4.78 is 0. The maximum atomic E-state index is 4.40. The molecule has 0 bridgehead atoms. The molecule has 0 amide bonds. The van der Waals surface area contributed by atoms with Crippen molar-refractivity contribution in [3.8, 4) is 0 Å². The van der Waals surface area contributed by atoms with E-state index in [4.69, 9.17) is 0 Å². The molecule has 64 valence electrons. The van der Waals surface area contributed by atoms with Crippen LogP contribution in [0.4, 0.5) is 0 Å². The van der Waals surface area contributed by atoms with Crippen molar-refractivity contribution in [1.82, 2.24) is 4.98 Å². The van der Waals surface area contributed by atoms with Crippen LogP contribution in [0.15, 0.2) is 36.5 Å². The van der Waals surface area contributed by atoms with Crippen LogP contribution in [0.1, 0.15) is 0 Å².